The van der Waals surface area contributed by atoms with Crippen LogP contribution in [0.5, 0.6) is 0 Å². The second-order valence-corrected chi connectivity index (χ2v) is 13.0. The number of nitrogens with one attached hydrogen (secondary N) is 2. The van der Waals surface area contributed by atoms with Gasteiger partial charge in [0.15, 0.2) is 0 Å². The van der Waals surface area contributed by atoms with Crippen molar-refractivity contribution in [1.82, 2.24) is 25.1 Å². The van der Waals surface area contributed by atoms with Gasteiger partial charge in [0.1, 0.15) is 6.04 Å². The van der Waals surface area contributed by atoms with Gasteiger partial charge in [-0.15, -0.1) is 0 Å². The molecule has 1 aliphatic carbocycles. The topological polar surface area (TPSA) is 128 Å². The maximum atomic E-state index is 13.6. The average Bonchev–Trinajstić information content (AvgIpc) is 3.71. The summed E-state index contributed by atoms with van der Waals surface area (Å²) in [5.74, 6) is 0.234. The van der Waals surface area contributed by atoms with Gasteiger partial charge in [0.25, 0.3) is 5.91 Å². The van der Waals surface area contributed by atoms with Gasteiger partial charge in [-0.3, -0.25) is 9.59 Å². The summed E-state index contributed by atoms with van der Waals surface area (Å²) in [5, 5.41) is 15.8. The summed E-state index contributed by atoms with van der Waals surface area (Å²) < 4.78 is 0. The Hall–Kier alpha value is -3.53. The van der Waals surface area contributed by atoms with E-state index in [1.165, 1.54) is 0 Å². The molecule has 10 nitrogen and oxygen atoms in total. The van der Waals surface area contributed by atoms with Gasteiger partial charge in [0.05, 0.1) is 23.0 Å². The van der Waals surface area contributed by atoms with Crippen molar-refractivity contribution >= 4 is 23.7 Å². The fourth-order valence-electron chi connectivity index (χ4n) is 7.14. The number of aryl methyl sites for hydroxylation is 2. The predicted octanol–water partition coefficient (Wildman–Crippen LogP) is 4.06. The normalized spacial score (nSPS) is 22.0. The largest absolute Gasteiger partial charge is 0.480 e. The molecule has 232 valence electrons. The molecule has 3 heterocycles. The summed E-state index contributed by atoms with van der Waals surface area (Å²) in [6.45, 7) is 11.4. The molecule has 0 bridgehead atoms. The fraction of sp³-hybridized carbons (Fsp3) is 0.606. The standard InChI is InChI=1S/C33H46N6O4/c1-20(2)29(32(42)43)37-33-34-21(3)28(22(4)35-33)31(41)39-18-25-16-38(17-26(25)19-39)15-14-27(23-10-6-5-7-11-23)36-30(40)24-12-8-9-13-24/h5-7,10-11,20,24-27,29H,8-9,12-19H2,1-4H3,(H,36,40)(H,42,43)(H,34,35,37). The lowest BCUT2D eigenvalue weighted by Crippen LogP contribution is -2.37. The average molecular weight is 591 g/mol. The first-order valence-corrected chi connectivity index (χ1v) is 15.8. The molecular weight excluding hydrogens is 544 g/mol. The molecule has 4 unspecified atom stereocenters. The molecule has 0 spiro atoms. The van der Waals surface area contributed by atoms with Crippen molar-refractivity contribution in [1.29, 1.82) is 0 Å². The quantitative estimate of drug-likeness (QED) is 0.358. The SMILES string of the molecule is Cc1nc(NC(C(=O)O)C(C)C)nc(C)c1C(=O)N1CC2CN(CCC(NC(=O)C3CCCC3)c3ccccc3)CC2C1. The molecule has 3 N–H and O–H groups in total. The molecule has 2 aromatic rings. The molecule has 3 fully saturated rings. The number of rotatable bonds is 11. The number of anilines is 1. The van der Waals surface area contributed by atoms with E-state index in [0.29, 0.717) is 41.9 Å². The summed E-state index contributed by atoms with van der Waals surface area (Å²) in [4.78, 5) is 51.5. The van der Waals surface area contributed by atoms with Crippen LogP contribution in [0.1, 0.15) is 79.3 Å². The monoisotopic (exact) mass is 590 g/mol. The number of aromatic nitrogens is 2. The van der Waals surface area contributed by atoms with Crippen LogP contribution in [0.2, 0.25) is 0 Å². The predicted molar refractivity (Wildman–Crippen MR) is 165 cm³/mol. The number of amides is 2. The number of hydrogen-bond acceptors (Lipinski definition) is 7. The summed E-state index contributed by atoms with van der Waals surface area (Å²) >= 11 is 0. The zero-order valence-corrected chi connectivity index (χ0v) is 25.9. The van der Waals surface area contributed by atoms with E-state index in [1.54, 1.807) is 13.8 Å². The number of hydrogen-bond donors (Lipinski definition) is 3. The number of carboxylic acids is 1. The first-order chi connectivity index (χ1) is 20.6. The molecule has 2 aliphatic heterocycles. The summed E-state index contributed by atoms with van der Waals surface area (Å²) in [6.07, 6.45) is 5.14. The van der Waals surface area contributed by atoms with Crippen molar-refractivity contribution in [3.8, 4) is 0 Å². The minimum absolute atomic E-state index is 0.00236. The molecule has 10 heteroatoms. The number of benzene rings is 1. The van der Waals surface area contributed by atoms with Gasteiger partial charge in [0.2, 0.25) is 11.9 Å². The van der Waals surface area contributed by atoms with Crippen LogP contribution < -0.4 is 10.6 Å². The van der Waals surface area contributed by atoms with E-state index in [-0.39, 0.29) is 35.6 Å². The minimum Gasteiger partial charge on any atom is -0.480 e. The van der Waals surface area contributed by atoms with Crippen molar-refractivity contribution in [3.05, 3.63) is 52.8 Å². The Bertz CT molecular complexity index is 1270. The molecular formula is C33H46N6O4. The lowest BCUT2D eigenvalue weighted by atomic mass is 10.0. The van der Waals surface area contributed by atoms with Crippen LogP contribution in [0.25, 0.3) is 0 Å². The van der Waals surface area contributed by atoms with E-state index in [9.17, 15) is 19.5 Å². The van der Waals surface area contributed by atoms with Crippen LogP contribution >= 0.6 is 0 Å². The summed E-state index contributed by atoms with van der Waals surface area (Å²) in [5.41, 5.74) is 2.76. The number of carbonyl (C=O) groups is 3. The van der Waals surface area contributed by atoms with Crippen molar-refractivity contribution in [2.24, 2.45) is 23.7 Å². The molecule has 3 aliphatic rings. The summed E-state index contributed by atoms with van der Waals surface area (Å²) in [6, 6.07) is 9.48. The highest BCUT2D eigenvalue weighted by atomic mass is 16.4. The van der Waals surface area contributed by atoms with Crippen LogP contribution in [-0.4, -0.2) is 81.4 Å². The molecule has 43 heavy (non-hydrogen) atoms. The number of carbonyl (C=O) groups excluding carboxylic acids is 2. The third-order valence-corrected chi connectivity index (χ3v) is 9.53. The minimum atomic E-state index is -0.962. The maximum Gasteiger partial charge on any atom is 0.326 e. The van der Waals surface area contributed by atoms with Crippen LogP contribution in [0.15, 0.2) is 30.3 Å². The Kier molecular flexibility index (Phi) is 9.64. The molecule has 1 aromatic heterocycles. The van der Waals surface area contributed by atoms with Crippen molar-refractivity contribution < 1.29 is 19.5 Å². The van der Waals surface area contributed by atoms with Gasteiger partial charge in [-0.25, -0.2) is 14.8 Å². The van der Waals surface area contributed by atoms with Crippen molar-refractivity contribution in [3.63, 3.8) is 0 Å². The Morgan fingerprint density at radius 1 is 0.953 bits per heavy atom. The first-order valence-electron chi connectivity index (χ1n) is 15.8. The van der Waals surface area contributed by atoms with Gasteiger partial charge in [-0.2, -0.15) is 0 Å². The Labute approximate surface area is 254 Å². The first kappa shape index (κ1) is 30.9. The maximum absolute atomic E-state index is 13.6. The van der Waals surface area contributed by atoms with Crippen molar-refractivity contribution in [2.75, 3.05) is 38.0 Å². The van der Waals surface area contributed by atoms with Crippen LogP contribution in [0.3, 0.4) is 0 Å². The Morgan fingerprint density at radius 3 is 2.12 bits per heavy atom. The van der Waals surface area contributed by atoms with Gasteiger partial charge in [0, 0.05) is 38.6 Å². The Balaban J connectivity index is 1.17. The van der Waals surface area contributed by atoms with E-state index in [1.807, 2.05) is 36.9 Å². The highest BCUT2D eigenvalue weighted by molar-refractivity contribution is 5.96. The van der Waals surface area contributed by atoms with E-state index in [0.717, 1.165) is 57.3 Å². The van der Waals surface area contributed by atoms with E-state index in [2.05, 4.69) is 37.6 Å². The second-order valence-electron chi connectivity index (χ2n) is 13.0. The Morgan fingerprint density at radius 2 is 1.56 bits per heavy atom. The molecule has 5 rings (SSSR count). The zero-order chi connectivity index (χ0) is 30.7. The lowest BCUT2D eigenvalue weighted by Gasteiger charge is -2.26. The number of fused-ring (bicyclic) bond motifs is 1. The summed E-state index contributed by atoms with van der Waals surface area (Å²) in [7, 11) is 0. The van der Waals surface area contributed by atoms with Gasteiger partial charge < -0.3 is 25.5 Å². The number of likely N-dealkylation sites (tertiary alicyclic amines) is 2. The molecule has 1 aromatic carbocycles. The molecule has 1 saturated carbocycles. The zero-order valence-electron chi connectivity index (χ0n) is 25.9. The molecule has 2 amide bonds. The van der Waals surface area contributed by atoms with Crippen LogP contribution in [-0.2, 0) is 9.59 Å². The molecule has 0 radical (unpaired) electrons. The molecule has 4 atom stereocenters. The number of nitrogens with zero attached hydrogens (tertiary/aromatic N) is 4. The van der Waals surface area contributed by atoms with Crippen LogP contribution in [0.4, 0.5) is 5.95 Å². The third-order valence-electron chi connectivity index (χ3n) is 9.53. The second kappa shape index (κ2) is 13.4. The van der Waals surface area contributed by atoms with Gasteiger partial charge in [-0.05, 0) is 56.4 Å². The number of carboxylic acid groups (broad SMARTS) is 1. The van der Waals surface area contributed by atoms with E-state index < -0.39 is 12.0 Å². The van der Waals surface area contributed by atoms with Gasteiger partial charge >= 0.3 is 5.97 Å². The van der Waals surface area contributed by atoms with Crippen LogP contribution in [0, 0.1) is 37.5 Å². The van der Waals surface area contributed by atoms with E-state index >= 15 is 0 Å². The van der Waals surface area contributed by atoms with E-state index in [4.69, 9.17) is 0 Å². The fourth-order valence-corrected chi connectivity index (χ4v) is 7.14. The smallest absolute Gasteiger partial charge is 0.326 e. The van der Waals surface area contributed by atoms with Gasteiger partial charge in [-0.1, -0.05) is 57.0 Å². The number of aliphatic carboxylic acids is 1. The molecule has 2 saturated heterocycles. The highest BCUT2D eigenvalue weighted by Gasteiger charge is 2.42. The lowest BCUT2D eigenvalue weighted by molar-refractivity contribution is -0.138. The third kappa shape index (κ3) is 7.17. The van der Waals surface area contributed by atoms with Crippen molar-refractivity contribution in [2.45, 2.75) is 71.9 Å². The highest BCUT2D eigenvalue weighted by Crippen LogP contribution is 2.33.